The summed E-state index contributed by atoms with van der Waals surface area (Å²) in [5.74, 6) is -1.40. The van der Waals surface area contributed by atoms with Crippen molar-refractivity contribution in [2.75, 3.05) is 5.32 Å². The van der Waals surface area contributed by atoms with E-state index in [2.05, 4.69) is 10.5 Å². The molecule has 21 heavy (non-hydrogen) atoms. The Hall–Kier alpha value is -2.67. The number of aromatic nitrogens is 1. The van der Waals surface area contributed by atoms with Crippen molar-refractivity contribution in [3.63, 3.8) is 0 Å². The zero-order valence-corrected chi connectivity index (χ0v) is 11.5. The molecule has 3 rings (SSSR count). The van der Waals surface area contributed by atoms with E-state index >= 15 is 0 Å². The number of carbonyl (C=O) groups is 2. The quantitative estimate of drug-likeness (QED) is 0.773. The molecule has 2 N–H and O–H groups in total. The van der Waals surface area contributed by atoms with Crippen molar-refractivity contribution in [2.24, 2.45) is 0 Å². The molecule has 0 radical (unpaired) electrons. The Labute approximate surface area is 123 Å². The zero-order valence-electron chi connectivity index (χ0n) is 10.7. The minimum atomic E-state index is -1.06. The highest BCUT2D eigenvalue weighted by Crippen LogP contribution is 2.23. The predicted octanol–water partition coefficient (Wildman–Crippen LogP) is 2.77. The van der Waals surface area contributed by atoms with Crippen LogP contribution in [0.1, 0.15) is 15.4 Å². The molecule has 0 saturated heterocycles. The molecule has 1 aromatic carbocycles. The molecular weight excluding hydrogens is 292 g/mol. The number of nitrogens with one attached hydrogen (secondary N) is 1. The van der Waals surface area contributed by atoms with Crippen LogP contribution in [0.5, 0.6) is 0 Å². The van der Waals surface area contributed by atoms with Crippen LogP contribution in [-0.4, -0.2) is 22.1 Å². The number of carboxylic acids is 1. The lowest BCUT2D eigenvalue weighted by atomic mass is 10.1. The van der Waals surface area contributed by atoms with Gasteiger partial charge in [-0.1, -0.05) is 17.3 Å². The first kappa shape index (κ1) is 13.3. The normalized spacial score (nSPS) is 10.7. The maximum absolute atomic E-state index is 12.0. The number of hydrogen-bond donors (Lipinski definition) is 2. The van der Waals surface area contributed by atoms with E-state index < -0.39 is 5.97 Å². The molecule has 0 unspecified atom stereocenters. The number of hydrogen-bond acceptors (Lipinski definition) is 5. The van der Waals surface area contributed by atoms with E-state index in [1.165, 1.54) is 0 Å². The smallest absolute Gasteiger partial charge is 0.348 e. The standard InChI is InChI=1S/C14H10N2O4S/c17-12(15-9-5-6-21-13(9)14(18)19)7-10-8-3-1-2-4-11(8)20-16-10/h1-6H,7H2,(H,15,17)(H,18,19). The van der Waals surface area contributed by atoms with Crippen molar-refractivity contribution >= 4 is 39.9 Å². The molecule has 2 heterocycles. The maximum atomic E-state index is 12.0. The highest BCUT2D eigenvalue weighted by Gasteiger charge is 2.16. The summed E-state index contributed by atoms with van der Waals surface area (Å²) in [6.07, 6.45) is 0.0198. The van der Waals surface area contributed by atoms with Gasteiger partial charge in [0.2, 0.25) is 5.91 Å². The second-order valence-electron chi connectivity index (χ2n) is 4.32. The molecule has 2 aromatic heterocycles. The molecular formula is C14H10N2O4S. The summed E-state index contributed by atoms with van der Waals surface area (Å²) in [6.45, 7) is 0. The van der Waals surface area contributed by atoms with Crippen molar-refractivity contribution < 1.29 is 19.2 Å². The number of aromatic carboxylic acids is 1. The second kappa shape index (κ2) is 5.37. The summed E-state index contributed by atoms with van der Waals surface area (Å²) in [7, 11) is 0. The number of carboxylic acid groups (broad SMARTS) is 1. The molecule has 0 saturated carbocycles. The number of rotatable bonds is 4. The first-order valence-electron chi connectivity index (χ1n) is 6.09. The van der Waals surface area contributed by atoms with Gasteiger partial charge in [-0.3, -0.25) is 4.79 Å². The average molecular weight is 302 g/mol. The van der Waals surface area contributed by atoms with Gasteiger partial charge in [0.1, 0.15) is 10.6 Å². The largest absolute Gasteiger partial charge is 0.477 e. The summed E-state index contributed by atoms with van der Waals surface area (Å²) in [4.78, 5) is 23.1. The van der Waals surface area contributed by atoms with Gasteiger partial charge in [0.15, 0.2) is 5.58 Å². The molecule has 106 valence electrons. The molecule has 0 aliphatic rings. The van der Waals surface area contributed by atoms with Crippen molar-refractivity contribution in [3.8, 4) is 0 Å². The molecule has 0 atom stereocenters. The Bertz CT molecular complexity index is 821. The fraction of sp³-hybridized carbons (Fsp3) is 0.0714. The minimum Gasteiger partial charge on any atom is -0.477 e. The lowest BCUT2D eigenvalue weighted by molar-refractivity contribution is -0.115. The SMILES string of the molecule is O=C(Cc1noc2ccccc12)Nc1ccsc1C(=O)O. The van der Waals surface area contributed by atoms with Gasteiger partial charge >= 0.3 is 5.97 Å². The third-order valence-corrected chi connectivity index (χ3v) is 3.82. The summed E-state index contributed by atoms with van der Waals surface area (Å²) in [6, 6.07) is 8.81. The summed E-state index contributed by atoms with van der Waals surface area (Å²) >= 11 is 1.06. The number of amides is 1. The van der Waals surface area contributed by atoms with E-state index in [4.69, 9.17) is 9.63 Å². The lowest BCUT2D eigenvalue weighted by Gasteiger charge is -2.02. The Kier molecular flexibility index (Phi) is 3.41. The molecule has 0 spiro atoms. The van der Waals surface area contributed by atoms with Crippen LogP contribution in [0.4, 0.5) is 5.69 Å². The lowest BCUT2D eigenvalue weighted by Crippen LogP contribution is -2.16. The van der Waals surface area contributed by atoms with Crippen LogP contribution in [-0.2, 0) is 11.2 Å². The molecule has 0 aliphatic heterocycles. The van der Waals surface area contributed by atoms with Gasteiger partial charge in [0.25, 0.3) is 0 Å². The number of para-hydroxylation sites is 1. The van der Waals surface area contributed by atoms with Gasteiger partial charge in [-0.05, 0) is 23.6 Å². The van der Waals surface area contributed by atoms with E-state index in [9.17, 15) is 9.59 Å². The Morgan fingerprint density at radius 1 is 1.29 bits per heavy atom. The van der Waals surface area contributed by atoms with Gasteiger partial charge in [-0.25, -0.2) is 4.79 Å². The second-order valence-corrected chi connectivity index (χ2v) is 5.24. The van der Waals surface area contributed by atoms with E-state index in [1.54, 1.807) is 17.5 Å². The van der Waals surface area contributed by atoms with E-state index in [0.29, 0.717) is 17.0 Å². The van der Waals surface area contributed by atoms with Gasteiger partial charge in [0.05, 0.1) is 12.1 Å². The zero-order chi connectivity index (χ0) is 14.8. The van der Waals surface area contributed by atoms with Crippen molar-refractivity contribution in [3.05, 3.63) is 46.3 Å². The average Bonchev–Trinajstić information content (AvgIpc) is 3.06. The molecule has 6 nitrogen and oxygen atoms in total. The summed E-state index contributed by atoms with van der Waals surface area (Å²) in [5, 5.41) is 17.8. The van der Waals surface area contributed by atoms with Crippen molar-refractivity contribution in [1.29, 1.82) is 0 Å². The number of thiophene rings is 1. The summed E-state index contributed by atoms with van der Waals surface area (Å²) < 4.78 is 5.13. The summed E-state index contributed by atoms with van der Waals surface area (Å²) in [5.41, 5.74) is 1.43. The third-order valence-electron chi connectivity index (χ3n) is 2.91. The molecule has 7 heteroatoms. The number of carbonyl (C=O) groups excluding carboxylic acids is 1. The van der Waals surface area contributed by atoms with E-state index in [-0.39, 0.29) is 17.2 Å². The van der Waals surface area contributed by atoms with Crippen molar-refractivity contribution in [2.45, 2.75) is 6.42 Å². The fourth-order valence-electron chi connectivity index (χ4n) is 1.99. The van der Waals surface area contributed by atoms with E-state index in [1.807, 2.05) is 18.2 Å². The predicted molar refractivity (Wildman–Crippen MR) is 77.6 cm³/mol. The van der Waals surface area contributed by atoms with Gasteiger partial charge in [-0.2, -0.15) is 0 Å². The fourth-order valence-corrected chi connectivity index (χ4v) is 2.67. The molecule has 0 bridgehead atoms. The molecule has 0 aliphatic carbocycles. The van der Waals surface area contributed by atoms with Crippen LogP contribution in [0.3, 0.4) is 0 Å². The first-order chi connectivity index (χ1) is 10.1. The molecule has 3 aromatic rings. The van der Waals surface area contributed by atoms with Crippen LogP contribution < -0.4 is 5.32 Å². The first-order valence-corrected chi connectivity index (χ1v) is 6.97. The van der Waals surface area contributed by atoms with Crippen LogP contribution in [0, 0.1) is 0 Å². The van der Waals surface area contributed by atoms with Crippen LogP contribution in [0.25, 0.3) is 11.0 Å². The van der Waals surface area contributed by atoms with Crippen molar-refractivity contribution in [1.82, 2.24) is 5.16 Å². The Morgan fingerprint density at radius 2 is 2.10 bits per heavy atom. The highest BCUT2D eigenvalue weighted by atomic mass is 32.1. The molecule has 1 amide bonds. The van der Waals surface area contributed by atoms with Gasteiger partial charge < -0.3 is 14.9 Å². The van der Waals surface area contributed by atoms with Crippen LogP contribution >= 0.6 is 11.3 Å². The maximum Gasteiger partial charge on any atom is 0.348 e. The van der Waals surface area contributed by atoms with Gasteiger partial charge in [0, 0.05) is 5.39 Å². The van der Waals surface area contributed by atoms with E-state index in [0.717, 1.165) is 16.7 Å². The van der Waals surface area contributed by atoms with Crippen LogP contribution in [0.2, 0.25) is 0 Å². The number of fused-ring (bicyclic) bond motifs is 1. The highest BCUT2D eigenvalue weighted by molar-refractivity contribution is 7.12. The third kappa shape index (κ3) is 2.63. The topological polar surface area (TPSA) is 92.4 Å². The Balaban J connectivity index is 1.78. The van der Waals surface area contributed by atoms with Gasteiger partial charge in [-0.15, -0.1) is 11.3 Å². The number of anilines is 1. The minimum absolute atomic E-state index is 0.0198. The Morgan fingerprint density at radius 3 is 2.90 bits per heavy atom. The molecule has 0 fully saturated rings. The number of benzene rings is 1. The van der Waals surface area contributed by atoms with Crippen LogP contribution in [0.15, 0.2) is 40.2 Å². The monoisotopic (exact) mass is 302 g/mol. The number of nitrogens with zero attached hydrogens (tertiary/aromatic N) is 1.